The number of hydrogen-bond donors (Lipinski definition) is 1. The molecule has 0 bridgehead atoms. The predicted octanol–water partition coefficient (Wildman–Crippen LogP) is 3.01. The molecule has 134 valence electrons. The van der Waals surface area contributed by atoms with E-state index in [4.69, 9.17) is 14.6 Å². The molecule has 1 rings (SSSR count). The van der Waals surface area contributed by atoms with Gasteiger partial charge in [0, 0.05) is 23.7 Å². The molecule has 1 amide bonds. The molecule has 24 heavy (non-hydrogen) atoms. The van der Waals surface area contributed by atoms with Crippen LogP contribution in [0.1, 0.15) is 30.6 Å². The lowest BCUT2D eigenvalue weighted by Gasteiger charge is -2.29. The van der Waals surface area contributed by atoms with Crippen molar-refractivity contribution in [2.75, 3.05) is 27.1 Å². The van der Waals surface area contributed by atoms with Crippen molar-refractivity contribution < 1.29 is 24.2 Å². The average molecular weight is 402 g/mol. The van der Waals surface area contributed by atoms with Crippen LogP contribution in [-0.4, -0.2) is 55.0 Å². The summed E-state index contributed by atoms with van der Waals surface area (Å²) in [5, 5.41) is 9.13. The summed E-state index contributed by atoms with van der Waals surface area (Å²) < 4.78 is 11.4. The largest absolute Gasteiger partial charge is 0.481 e. The Morgan fingerprint density at radius 1 is 1.25 bits per heavy atom. The third-order valence-electron chi connectivity index (χ3n) is 3.69. The van der Waals surface area contributed by atoms with Crippen molar-refractivity contribution in [2.24, 2.45) is 5.92 Å². The maximum Gasteiger partial charge on any atom is 0.306 e. The molecule has 1 aromatic carbocycles. The highest BCUT2D eigenvalue weighted by Gasteiger charge is 2.25. The van der Waals surface area contributed by atoms with Crippen LogP contribution in [0.4, 0.5) is 0 Å². The van der Waals surface area contributed by atoms with Crippen LogP contribution >= 0.6 is 15.9 Å². The zero-order valence-electron chi connectivity index (χ0n) is 14.2. The molecule has 0 unspecified atom stereocenters. The quantitative estimate of drug-likeness (QED) is 0.481. The maximum atomic E-state index is 12.6. The summed E-state index contributed by atoms with van der Waals surface area (Å²) in [6.07, 6.45) is 0.306. The van der Waals surface area contributed by atoms with Gasteiger partial charge in [-0.1, -0.05) is 22.9 Å². The Morgan fingerprint density at radius 2 is 1.88 bits per heavy atom. The first kappa shape index (κ1) is 20.6. The topological polar surface area (TPSA) is 76.1 Å². The van der Waals surface area contributed by atoms with Gasteiger partial charge in [0.25, 0.3) is 5.91 Å². The van der Waals surface area contributed by atoms with E-state index in [-0.39, 0.29) is 25.3 Å². The van der Waals surface area contributed by atoms with Crippen LogP contribution in [0, 0.1) is 5.92 Å². The lowest BCUT2D eigenvalue weighted by atomic mass is 10.0. The van der Waals surface area contributed by atoms with Crippen LogP contribution in [0.25, 0.3) is 0 Å². The van der Waals surface area contributed by atoms with E-state index >= 15 is 0 Å². The summed E-state index contributed by atoms with van der Waals surface area (Å²) in [5.41, 5.74) is 0.540. The number of carboxylic acid groups (broad SMARTS) is 1. The molecular weight excluding hydrogens is 378 g/mol. The van der Waals surface area contributed by atoms with Crippen molar-refractivity contribution in [3.63, 3.8) is 0 Å². The molecule has 2 atom stereocenters. The van der Waals surface area contributed by atoms with E-state index in [0.717, 1.165) is 4.47 Å². The number of ether oxygens (including phenoxy) is 2. The Labute approximate surface area is 150 Å². The van der Waals surface area contributed by atoms with Crippen LogP contribution in [0.15, 0.2) is 28.7 Å². The average Bonchev–Trinajstić information content (AvgIpc) is 2.56. The molecule has 0 heterocycles. The van der Waals surface area contributed by atoms with Crippen molar-refractivity contribution >= 4 is 27.8 Å². The first-order chi connectivity index (χ1) is 11.4. The van der Waals surface area contributed by atoms with Crippen LogP contribution in [0.3, 0.4) is 0 Å². The van der Waals surface area contributed by atoms with Gasteiger partial charge in [0.05, 0.1) is 18.6 Å². The molecule has 0 aliphatic heterocycles. The molecule has 0 spiro atoms. The molecule has 0 aliphatic rings. The number of nitrogens with zero attached hydrogens (tertiary/aromatic N) is 1. The van der Waals surface area contributed by atoms with Crippen LogP contribution in [0.5, 0.6) is 0 Å². The van der Waals surface area contributed by atoms with E-state index in [2.05, 4.69) is 15.9 Å². The van der Waals surface area contributed by atoms with Gasteiger partial charge in [0.2, 0.25) is 0 Å². The van der Waals surface area contributed by atoms with Gasteiger partial charge < -0.3 is 19.5 Å². The Hall–Kier alpha value is -1.44. The van der Waals surface area contributed by atoms with Crippen molar-refractivity contribution in [3.05, 3.63) is 34.3 Å². The third-order valence-corrected chi connectivity index (χ3v) is 4.22. The summed E-state index contributed by atoms with van der Waals surface area (Å²) in [7, 11) is 1.66. The fraction of sp³-hybridized carbons (Fsp3) is 0.529. The second-order valence-corrected chi connectivity index (χ2v) is 6.45. The summed E-state index contributed by atoms with van der Waals surface area (Å²) in [4.78, 5) is 25.3. The zero-order chi connectivity index (χ0) is 18.1. The Kier molecular flexibility index (Phi) is 8.95. The normalized spacial score (nSPS) is 13.3. The Morgan fingerprint density at radius 3 is 2.42 bits per heavy atom. The van der Waals surface area contributed by atoms with E-state index in [9.17, 15) is 9.59 Å². The molecule has 1 aromatic rings. The second-order valence-electron chi connectivity index (χ2n) is 5.53. The zero-order valence-corrected chi connectivity index (χ0v) is 15.8. The van der Waals surface area contributed by atoms with Gasteiger partial charge >= 0.3 is 5.97 Å². The number of aliphatic carboxylic acids is 1. The molecule has 0 fully saturated rings. The summed E-state index contributed by atoms with van der Waals surface area (Å²) >= 11 is 3.33. The molecule has 0 saturated carbocycles. The van der Waals surface area contributed by atoms with E-state index in [0.29, 0.717) is 18.6 Å². The van der Waals surface area contributed by atoms with Gasteiger partial charge in [-0.2, -0.15) is 0 Å². The third kappa shape index (κ3) is 6.59. The van der Waals surface area contributed by atoms with Crippen molar-refractivity contribution in [1.82, 2.24) is 4.90 Å². The van der Waals surface area contributed by atoms with Gasteiger partial charge in [-0.15, -0.1) is 0 Å². The number of likely N-dealkylation sites (N-methyl/N-ethyl adjacent to an activating group) is 1. The fourth-order valence-electron chi connectivity index (χ4n) is 2.14. The van der Waals surface area contributed by atoms with Crippen molar-refractivity contribution in [2.45, 2.75) is 26.3 Å². The highest BCUT2D eigenvalue weighted by molar-refractivity contribution is 9.10. The molecule has 0 saturated heterocycles. The van der Waals surface area contributed by atoms with E-state index in [1.54, 1.807) is 38.2 Å². The van der Waals surface area contributed by atoms with Crippen LogP contribution in [-0.2, 0) is 14.3 Å². The van der Waals surface area contributed by atoms with Gasteiger partial charge in [0.15, 0.2) is 0 Å². The van der Waals surface area contributed by atoms with Crippen LogP contribution in [0.2, 0.25) is 0 Å². The van der Waals surface area contributed by atoms with Gasteiger partial charge in [-0.3, -0.25) is 9.59 Å². The molecule has 7 heteroatoms. The SMILES string of the molecule is CCOCOC[C@H](C[C@H](C)C(=O)O)N(C)C(=O)c1ccc(Br)cc1. The van der Waals surface area contributed by atoms with E-state index in [1.807, 2.05) is 6.92 Å². The van der Waals surface area contributed by atoms with Gasteiger partial charge in [0.1, 0.15) is 6.79 Å². The lowest BCUT2D eigenvalue weighted by molar-refractivity contribution is -0.142. The summed E-state index contributed by atoms with van der Waals surface area (Å²) in [6, 6.07) is 6.68. The highest BCUT2D eigenvalue weighted by atomic mass is 79.9. The number of hydrogen-bond acceptors (Lipinski definition) is 4. The van der Waals surface area contributed by atoms with Gasteiger partial charge in [-0.25, -0.2) is 0 Å². The minimum Gasteiger partial charge on any atom is -0.481 e. The minimum atomic E-state index is -0.894. The van der Waals surface area contributed by atoms with Crippen LogP contribution < -0.4 is 0 Å². The highest BCUT2D eigenvalue weighted by Crippen LogP contribution is 2.17. The van der Waals surface area contributed by atoms with E-state index in [1.165, 1.54) is 4.90 Å². The second kappa shape index (κ2) is 10.4. The first-order valence-corrected chi connectivity index (χ1v) is 8.57. The number of carbonyl (C=O) groups is 2. The lowest BCUT2D eigenvalue weighted by Crippen LogP contribution is -2.42. The maximum absolute atomic E-state index is 12.6. The summed E-state index contributed by atoms with van der Waals surface area (Å²) in [6.45, 7) is 4.35. The monoisotopic (exact) mass is 401 g/mol. The molecular formula is C17H24BrNO5. The number of amides is 1. The fourth-order valence-corrected chi connectivity index (χ4v) is 2.40. The predicted molar refractivity (Wildman–Crippen MR) is 93.9 cm³/mol. The first-order valence-electron chi connectivity index (χ1n) is 7.77. The van der Waals surface area contributed by atoms with Crippen molar-refractivity contribution in [1.29, 1.82) is 0 Å². The molecule has 6 nitrogen and oxygen atoms in total. The molecule has 1 N–H and O–H groups in total. The molecule has 0 aliphatic carbocycles. The number of benzene rings is 1. The Bertz CT molecular complexity index is 534. The standard InChI is InChI=1S/C17H24BrNO5/c1-4-23-11-24-10-15(9-12(2)17(21)22)19(3)16(20)13-5-7-14(18)8-6-13/h5-8,12,15H,4,9-11H2,1-3H3,(H,21,22)/t12-,15-/m0/s1. The summed E-state index contributed by atoms with van der Waals surface area (Å²) in [5.74, 6) is -1.65. The number of rotatable bonds is 10. The van der Waals surface area contributed by atoms with E-state index < -0.39 is 11.9 Å². The van der Waals surface area contributed by atoms with Crippen molar-refractivity contribution in [3.8, 4) is 0 Å². The Balaban J connectivity index is 2.79. The number of carboxylic acids is 1. The van der Waals surface area contributed by atoms with Gasteiger partial charge in [-0.05, 0) is 37.6 Å². The smallest absolute Gasteiger partial charge is 0.306 e. The minimum absolute atomic E-state index is 0.120. The molecule has 0 aromatic heterocycles. The number of carbonyl (C=O) groups excluding carboxylic acids is 1. The molecule has 0 radical (unpaired) electrons. The number of halogens is 1.